The van der Waals surface area contributed by atoms with Gasteiger partial charge in [0.2, 0.25) is 0 Å². The fourth-order valence-corrected chi connectivity index (χ4v) is 0.709. The van der Waals surface area contributed by atoms with Crippen molar-refractivity contribution < 1.29 is 0 Å². The van der Waals surface area contributed by atoms with E-state index in [1.807, 2.05) is 6.92 Å². The van der Waals surface area contributed by atoms with E-state index in [9.17, 15) is 0 Å². The molecule has 0 rings (SSSR count). The fourth-order valence-electron chi connectivity index (χ4n) is 0.709. The second kappa shape index (κ2) is 5.31. The first-order chi connectivity index (χ1) is 5.29. The van der Waals surface area contributed by atoms with Crippen LogP contribution in [0.15, 0.2) is 24.0 Å². The summed E-state index contributed by atoms with van der Waals surface area (Å²) in [4.78, 5) is 0. The number of nitrogens with one attached hydrogen (secondary N) is 2. The summed E-state index contributed by atoms with van der Waals surface area (Å²) in [6.45, 7) is 5.48. The van der Waals surface area contributed by atoms with Gasteiger partial charge in [0, 0.05) is 11.9 Å². The van der Waals surface area contributed by atoms with Crippen molar-refractivity contribution in [1.82, 2.24) is 5.32 Å². The summed E-state index contributed by atoms with van der Waals surface area (Å²) in [5, 5.41) is 9.86. The molecular formula is C9H12N2. The first-order valence-electron chi connectivity index (χ1n) is 3.37. The predicted molar refractivity (Wildman–Crippen MR) is 48.3 cm³/mol. The van der Waals surface area contributed by atoms with Crippen molar-refractivity contribution in [3.63, 3.8) is 0 Å². The Morgan fingerprint density at radius 2 is 2.45 bits per heavy atom. The highest BCUT2D eigenvalue weighted by Crippen LogP contribution is 2.01. The molecule has 11 heavy (non-hydrogen) atoms. The van der Waals surface area contributed by atoms with E-state index in [-0.39, 0.29) is 0 Å². The van der Waals surface area contributed by atoms with Crippen molar-refractivity contribution >= 4 is 6.21 Å². The largest absolute Gasteiger partial charge is 0.365 e. The van der Waals surface area contributed by atoms with Gasteiger partial charge in [-0.3, -0.25) is 0 Å². The number of rotatable bonds is 4. The standard InChI is InChI=1S/C9H12N2/c1-4-8(7-10)9(5-2)11-6-3/h1,6-7,10-11H,3,5H2,2H3/b9-8-,10-7?. The van der Waals surface area contributed by atoms with Crippen LogP contribution in [0.1, 0.15) is 13.3 Å². The molecule has 2 N–H and O–H groups in total. The van der Waals surface area contributed by atoms with E-state index in [1.54, 1.807) is 6.20 Å². The molecule has 0 heterocycles. The number of terminal acetylenes is 1. The van der Waals surface area contributed by atoms with E-state index in [0.717, 1.165) is 18.3 Å². The van der Waals surface area contributed by atoms with E-state index in [1.165, 1.54) is 0 Å². The Hall–Kier alpha value is -1.49. The maximum absolute atomic E-state index is 6.97. The van der Waals surface area contributed by atoms with Crippen molar-refractivity contribution in [3.05, 3.63) is 24.0 Å². The molecule has 0 aliphatic rings. The Morgan fingerprint density at radius 1 is 1.82 bits per heavy atom. The molecule has 0 aromatic carbocycles. The third-order valence-corrected chi connectivity index (χ3v) is 1.25. The quantitative estimate of drug-likeness (QED) is 0.461. The molecule has 0 spiro atoms. The lowest BCUT2D eigenvalue weighted by atomic mass is 10.2. The first kappa shape index (κ1) is 9.51. The van der Waals surface area contributed by atoms with Crippen LogP contribution in [-0.2, 0) is 0 Å². The fraction of sp³-hybridized carbons (Fsp3) is 0.222. The number of allylic oxidation sites excluding steroid dienone is 2. The van der Waals surface area contributed by atoms with E-state index >= 15 is 0 Å². The minimum absolute atomic E-state index is 0.576. The molecule has 0 fully saturated rings. The third kappa shape index (κ3) is 2.72. The monoisotopic (exact) mass is 148 g/mol. The summed E-state index contributed by atoms with van der Waals surface area (Å²) in [6.07, 6.45) is 8.65. The van der Waals surface area contributed by atoms with Crippen molar-refractivity contribution in [3.8, 4) is 12.3 Å². The predicted octanol–water partition coefficient (Wildman–Crippen LogP) is 1.67. The lowest BCUT2D eigenvalue weighted by Crippen LogP contribution is -2.06. The summed E-state index contributed by atoms with van der Waals surface area (Å²) >= 11 is 0. The van der Waals surface area contributed by atoms with Gasteiger partial charge in [0.1, 0.15) is 0 Å². The van der Waals surface area contributed by atoms with Gasteiger partial charge in [-0.05, 0) is 12.6 Å². The zero-order chi connectivity index (χ0) is 8.69. The lowest BCUT2D eigenvalue weighted by Gasteiger charge is -2.04. The molecule has 0 aliphatic carbocycles. The van der Waals surface area contributed by atoms with Gasteiger partial charge in [0.25, 0.3) is 0 Å². The van der Waals surface area contributed by atoms with Crippen molar-refractivity contribution in [2.24, 2.45) is 0 Å². The van der Waals surface area contributed by atoms with Crippen LogP contribution in [-0.4, -0.2) is 6.21 Å². The van der Waals surface area contributed by atoms with Gasteiger partial charge in [-0.2, -0.15) is 0 Å². The summed E-state index contributed by atoms with van der Waals surface area (Å²) in [5.41, 5.74) is 1.44. The van der Waals surface area contributed by atoms with Crippen LogP contribution >= 0.6 is 0 Å². The van der Waals surface area contributed by atoms with Crippen LogP contribution in [0.3, 0.4) is 0 Å². The van der Waals surface area contributed by atoms with Crippen LogP contribution in [0, 0.1) is 17.8 Å². The Balaban J connectivity index is 4.64. The second-order valence-electron chi connectivity index (χ2n) is 1.88. The molecule has 0 saturated carbocycles. The molecule has 0 aliphatic heterocycles. The maximum atomic E-state index is 6.97. The highest BCUT2D eigenvalue weighted by molar-refractivity contribution is 5.83. The molecule has 0 radical (unpaired) electrons. The Bertz CT molecular complexity index is 218. The van der Waals surface area contributed by atoms with Gasteiger partial charge in [0.05, 0.1) is 5.57 Å². The lowest BCUT2D eigenvalue weighted by molar-refractivity contribution is 0.941. The third-order valence-electron chi connectivity index (χ3n) is 1.25. The van der Waals surface area contributed by atoms with Crippen LogP contribution in [0.5, 0.6) is 0 Å². The van der Waals surface area contributed by atoms with Gasteiger partial charge in [-0.25, -0.2) is 0 Å². The second-order valence-corrected chi connectivity index (χ2v) is 1.88. The molecule has 0 saturated heterocycles. The summed E-state index contributed by atoms with van der Waals surface area (Å²) in [6, 6.07) is 0. The molecule has 2 heteroatoms. The molecule has 0 aromatic heterocycles. The Labute approximate surface area is 67.5 Å². The highest BCUT2D eigenvalue weighted by atomic mass is 14.8. The molecule has 0 unspecified atom stereocenters. The minimum atomic E-state index is 0.576. The topological polar surface area (TPSA) is 35.9 Å². The normalized spacial score (nSPS) is 10.9. The average molecular weight is 148 g/mol. The summed E-state index contributed by atoms with van der Waals surface area (Å²) in [7, 11) is 0. The van der Waals surface area contributed by atoms with E-state index in [2.05, 4.69) is 17.8 Å². The molecule has 0 aromatic rings. The molecule has 0 amide bonds. The Kier molecular flexibility index (Phi) is 4.59. The van der Waals surface area contributed by atoms with Crippen molar-refractivity contribution in [1.29, 1.82) is 5.41 Å². The van der Waals surface area contributed by atoms with Crippen LogP contribution in [0.25, 0.3) is 0 Å². The Morgan fingerprint density at radius 3 is 2.73 bits per heavy atom. The van der Waals surface area contributed by atoms with Crippen LogP contribution in [0.4, 0.5) is 0 Å². The number of hydrogen-bond acceptors (Lipinski definition) is 2. The molecular weight excluding hydrogens is 136 g/mol. The van der Waals surface area contributed by atoms with Crippen LogP contribution < -0.4 is 5.32 Å². The summed E-state index contributed by atoms with van der Waals surface area (Å²) in [5.74, 6) is 2.41. The van der Waals surface area contributed by atoms with Gasteiger partial charge < -0.3 is 10.7 Å². The highest BCUT2D eigenvalue weighted by Gasteiger charge is 1.95. The minimum Gasteiger partial charge on any atom is -0.365 e. The van der Waals surface area contributed by atoms with Crippen LogP contribution in [0.2, 0.25) is 0 Å². The zero-order valence-electron chi connectivity index (χ0n) is 6.65. The molecule has 58 valence electrons. The van der Waals surface area contributed by atoms with E-state index in [4.69, 9.17) is 11.8 Å². The van der Waals surface area contributed by atoms with Gasteiger partial charge in [-0.1, -0.05) is 19.4 Å². The van der Waals surface area contributed by atoms with E-state index < -0.39 is 0 Å². The SMILES string of the molecule is C#C/C(C=N)=C(\CC)NC=C. The van der Waals surface area contributed by atoms with Crippen molar-refractivity contribution in [2.75, 3.05) is 0 Å². The number of hydrogen-bond donors (Lipinski definition) is 2. The zero-order valence-corrected chi connectivity index (χ0v) is 6.65. The van der Waals surface area contributed by atoms with Gasteiger partial charge in [-0.15, -0.1) is 6.42 Å². The van der Waals surface area contributed by atoms with Gasteiger partial charge >= 0.3 is 0 Å². The molecule has 2 nitrogen and oxygen atoms in total. The summed E-state index contributed by atoms with van der Waals surface area (Å²) < 4.78 is 0. The molecule has 0 atom stereocenters. The smallest absolute Gasteiger partial charge is 0.0610 e. The van der Waals surface area contributed by atoms with Gasteiger partial charge in [0.15, 0.2) is 0 Å². The maximum Gasteiger partial charge on any atom is 0.0610 e. The first-order valence-corrected chi connectivity index (χ1v) is 3.37. The molecule has 0 bridgehead atoms. The van der Waals surface area contributed by atoms with E-state index in [0.29, 0.717) is 5.57 Å². The van der Waals surface area contributed by atoms with Crippen molar-refractivity contribution in [2.45, 2.75) is 13.3 Å². The average Bonchev–Trinajstić information content (AvgIpc) is 2.05.